The predicted octanol–water partition coefficient (Wildman–Crippen LogP) is 2.45. The van der Waals surface area contributed by atoms with Crippen LogP contribution in [0.2, 0.25) is 0 Å². The molecule has 1 heterocycles. The van der Waals surface area contributed by atoms with Crippen LogP contribution in [-0.4, -0.2) is 15.6 Å². The first-order valence-corrected chi connectivity index (χ1v) is 6.46. The molecule has 0 aliphatic carbocycles. The van der Waals surface area contributed by atoms with Gasteiger partial charge in [0.1, 0.15) is 6.54 Å². The number of hydrogen-bond donors (Lipinski definition) is 1. The van der Waals surface area contributed by atoms with Gasteiger partial charge in [0, 0.05) is 0 Å². The summed E-state index contributed by atoms with van der Waals surface area (Å²) in [5.41, 5.74) is 1.85. The van der Waals surface area contributed by atoms with Gasteiger partial charge in [0.15, 0.2) is 0 Å². The minimum atomic E-state index is -1.00. The van der Waals surface area contributed by atoms with Crippen molar-refractivity contribution in [1.82, 2.24) is 4.57 Å². The third kappa shape index (κ3) is 2.31. The Bertz CT molecular complexity index is 661. The largest absolute Gasteiger partial charge is 0.480 e. The Morgan fingerprint density at radius 1 is 1.39 bits per heavy atom. The quantitative estimate of drug-likeness (QED) is 0.907. The summed E-state index contributed by atoms with van der Waals surface area (Å²) in [5, 5.41) is 8.80. The molecule has 18 heavy (non-hydrogen) atoms. The van der Waals surface area contributed by atoms with Gasteiger partial charge < -0.3 is 5.11 Å². The Kier molecular flexibility index (Phi) is 3.02. The summed E-state index contributed by atoms with van der Waals surface area (Å²) < 4.78 is 2.14. The van der Waals surface area contributed by atoms with Crippen molar-refractivity contribution in [2.75, 3.05) is 0 Å². The van der Waals surface area contributed by atoms with Crippen molar-refractivity contribution < 1.29 is 9.90 Å². The summed E-state index contributed by atoms with van der Waals surface area (Å²) in [7, 11) is 0. The average molecular weight is 265 g/mol. The van der Waals surface area contributed by atoms with E-state index in [9.17, 15) is 9.59 Å². The lowest BCUT2D eigenvalue weighted by Gasteiger charge is -2.18. The number of hydrogen-bond acceptors (Lipinski definition) is 3. The molecule has 1 aromatic heterocycles. The van der Waals surface area contributed by atoms with Crippen molar-refractivity contribution in [3.8, 4) is 0 Å². The molecule has 0 saturated heterocycles. The van der Waals surface area contributed by atoms with Gasteiger partial charge >= 0.3 is 10.8 Å². The van der Waals surface area contributed by atoms with Crippen molar-refractivity contribution in [2.24, 2.45) is 0 Å². The normalized spacial score (nSPS) is 11.9. The highest BCUT2D eigenvalue weighted by Gasteiger charge is 2.16. The minimum absolute atomic E-state index is 0.0128. The molecule has 0 saturated carbocycles. The van der Waals surface area contributed by atoms with Gasteiger partial charge in [-0.1, -0.05) is 38.2 Å². The Morgan fingerprint density at radius 2 is 2.06 bits per heavy atom. The first kappa shape index (κ1) is 12.8. The van der Waals surface area contributed by atoms with E-state index in [0.29, 0.717) is 5.52 Å². The van der Waals surface area contributed by atoms with E-state index in [1.165, 1.54) is 4.57 Å². The van der Waals surface area contributed by atoms with Gasteiger partial charge in [-0.3, -0.25) is 14.2 Å². The maximum Gasteiger partial charge on any atom is 0.323 e. The van der Waals surface area contributed by atoms with Crippen molar-refractivity contribution in [2.45, 2.75) is 32.7 Å². The number of carbonyl (C=O) groups is 1. The average Bonchev–Trinajstić information content (AvgIpc) is 2.53. The molecule has 0 unspecified atom stereocenters. The monoisotopic (exact) mass is 265 g/mol. The third-order valence-electron chi connectivity index (χ3n) is 2.83. The van der Waals surface area contributed by atoms with E-state index in [2.05, 4.69) is 20.8 Å². The predicted molar refractivity (Wildman–Crippen MR) is 72.4 cm³/mol. The van der Waals surface area contributed by atoms with E-state index >= 15 is 0 Å². The van der Waals surface area contributed by atoms with Crippen LogP contribution in [0.1, 0.15) is 26.3 Å². The van der Waals surface area contributed by atoms with Crippen molar-refractivity contribution in [3.63, 3.8) is 0 Å². The lowest BCUT2D eigenvalue weighted by atomic mass is 9.87. The molecule has 0 amide bonds. The van der Waals surface area contributed by atoms with Gasteiger partial charge in [0.25, 0.3) is 0 Å². The Labute approximate surface area is 108 Å². The molecule has 1 N–H and O–H groups in total. The van der Waals surface area contributed by atoms with Gasteiger partial charge in [-0.15, -0.1) is 0 Å². The number of aliphatic carboxylic acids is 1. The second-order valence-electron chi connectivity index (χ2n) is 5.28. The molecule has 0 aliphatic rings. The highest BCUT2D eigenvalue weighted by Crippen LogP contribution is 2.27. The fourth-order valence-electron chi connectivity index (χ4n) is 1.82. The second-order valence-corrected chi connectivity index (χ2v) is 6.27. The van der Waals surface area contributed by atoms with Crippen LogP contribution >= 0.6 is 11.3 Å². The van der Waals surface area contributed by atoms with Gasteiger partial charge in [-0.2, -0.15) is 0 Å². The first-order valence-electron chi connectivity index (χ1n) is 5.65. The topological polar surface area (TPSA) is 59.3 Å². The summed E-state index contributed by atoms with van der Waals surface area (Å²) in [5.74, 6) is -1.00. The molecule has 4 nitrogen and oxygen atoms in total. The Morgan fingerprint density at radius 3 is 2.61 bits per heavy atom. The summed E-state index contributed by atoms with van der Waals surface area (Å²) in [6.45, 7) is 6.02. The molecule has 2 rings (SSSR count). The van der Waals surface area contributed by atoms with Gasteiger partial charge in [0.2, 0.25) is 0 Å². The van der Waals surface area contributed by atoms with Crippen molar-refractivity contribution >= 4 is 27.5 Å². The van der Waals surface area contributed by atoms with Gasteiger partial charge in [0.05, 0.1) is 10.2 Å². The summed E-state index contributed by atoms with van der Waals surface area (Å²) >= 11 is 1.10. The fourth-order valence-corrected chi connectivity index (χ4v) is 2.75. The zero-order valence-corrected chi connectivity index (χ0v) is 11.4. The summed E-state index contributed by atoms with van der Waals surface area (Å²) in [4.78, 5) is 22.3. The molecule has 0 spiro atoms. The fraction of sp³-hybridized carbons (Fsp3) is 0.385. The lowest BCUT2D eigenvalue weighted by molar-refractivity contribution is -0.137. The van der Waals surface area contributed by atoms with Crippen molar-refractivity contribution in [1.29, 1.82) is 0 Å². The molecule has 0 radical (unpaired) electrons. The number of carboxylic acid groups (broad SMARTS) is 1. The molecule has 0 fully saturated rings. The number of thiazole rings is 1. The van der Waals surface area contributed by atoms with E-state index in [1.807, 2.05) is 18.2 Å². The van der Waals surface area contributed by atoms with Crippen LogP contribution in [-0.2, 0) is 16.8 Å². The van der Waals surface area contributed by atoms with Crippen LogP contribution in [0.3, 0.4) is 0 Å². The second kappa shape index (κ2) is 4.24. The van der Waals surface area contributed by atoms with Crippen LogP contribution < -0.4 is 4.87 Å². The van der Waals surface area contributed by atoms with Crippen LogP contribution in [0.4, 0.5) is 0 Å². The SMILES string of the molecule is CC(C)(C)c1ccc2c(c1)sc(=O)n2CC(=O)O. The molecule has 5 heteroatoms. The summed E-state index contributed by atoms with van der Waals surface area (Å²) in [6, 6.07) is 5.75. The third-order valence-corrected chi connectivity index (χ3v) is 3.77. The molecule has 2 aromatic rings. The molecule has 0 atom stereocenters. The number of aromatic nitrogens is 1. The van der Waals surface area contributed by atoms with Crippen LogP contribution in [0.25, 0.3) is 10.2 Å². The van der Waals surface area contributed by atoms with E-state index in [0.717, 1.165) is 21.6 Å². The molecule has 0 aliphatic heterocycles. The lowest BCUT2D eigenvalue weighted by Crippen LogP contribution is -2.18. The maximum atomic E-state index is 11.8. The highest BCUT2D eigenvalue weighted by molar-refractivity contribution is 7.16. The minimum Gasteiger partial charge on any atom is -0.480 e. The van der Waals surface area contributed by atoms with E-state index in [-0.39, 0.29) is 16.8 Å². The van der Waals surface area contributed by atoms with E-state index in [1.54, 1.807) is 0 Å². The Balaban J connectivity index is 2.62. The molecule has 96 valence electrons. The zero-order valence-electron chi connectivity index (χ0n) is 10.6. The Hall–Kier alpha value is -1.62. The molecule has 1 aromatic carbocycles. The zero-order chi connectivity index (χ0) is 13.5. The van der Waals surface area contributed by atoms with Crippen LogP contribution in [0.5, 0.6) is 0 Å². The van der Waals surface area contributed by atoms with Crippen LogP contribution in [0.15, 0.2) is 23.0 Å². The summed E-state index contributed by atoms with van der Waals surface area (Å²) in [6.07, 6.45) is 0. The van der Waals surface area contributed by atoms with Gasteiger partial charge in [-0.05, 0) is 23.1 Å². The highest BCUT2D eigenvalue weighted by atomic mass is 32.1. The molecular formula is C13H15NO3S. The number of nitrogens with zero attached hydrogens (tertiary/aromatic N) is 1. The first-order chi connectivity index (χ1) is 8.29. The standard InChI is InChI=1S/C13H15NO3S/c1-13(2,3)8-4-5-9-10(6-8)18-12(17)14(9)7-11(15)16/h4-6H,7H2,1-3H3,(H,15,16). The molecule has 0 bridgehead atoms. The van der Waals surface area contributed by atoms with Gasteiger partial charge in [-0.25, -0.2) is 0 Å². The van der Waals surface area contributed by atoms with E-state index in [4.69, 9.17) is 5.11 Å². The number of benzene rings is 1. The number of carboxylic acids is 1. The van der Waals surface area contributed by atoms with E-state index < -0.39 is 5.97 Å². The van der Waals surface area contributed by atoms with Crippen molar-refractivity contribution in [3.05, 3.63) is 33.4 Å². The number of fused-ring (bicyclic) bond motifs is 1. The molecular weight excluding hydrogens is 250 g/mol. The number of rotatable bonds is 2. The van der Waals surface area contributed by atoms with Crippen LogP contribution in [0, 0.1) is 0 Å². The maximum absolute atomic E-state index is 11.8. The smallest absolute Gasteiger partial charge is 0.323 e.